The van der Waals surface area contributed by atoms with E-state index in [2.05, 4.69) is 67.4 Å². The summed E-state index contributed by atoms with van der Waals surface area (Å²) in [7, 11) is 0. The number of hydrogen-bond acceptors (Lipinski definition) is 4. The molecule has 4 aromatic rings. The molecule has 0 aliphatic carbocycles. The number of aromatic nitrogens is 3. The first-order valence-corrected chi connectivity index (χ1v) is 12.5. The third-order valence-electron chi connectivity index (χ3n) is 6.90. The van der Waals surface area contributed by atoms with Crippen LogP contribution in [0.4, 0.5) is 11.5 Å². The number of nitrogens with one attached hydrogen (secondary N) is 1. The van der Waals surface area contributed by atoms with Crippen LogP contribution >= 0.6 is 0 Å². The summed E-state index contributed by atoms with van der Waals surface area (Å²) in [4.78, 5) is 20.1. The van der Waals surface area contributed by atoms with Crippen molar-refractivity contribution in [2.45, 2.75) is 47.0 Å². The van der Waals surface area contributed by atoms with Gasteiger partial charge in [0, 0.05) is 48.1 Å². The summed E-state index contributed by atoms with van der Waals surface area (Å²) in [6.45, 7) is 9.98. The number of amides is 1. The predicted molar refractivity (Wildman–Crippen MR) is 142 cm³/mol. The second-order valence-electron chi connectivity index (χ2n) is 9.69. The maximum absolute atomic E-state index is 13.0. The molecule has 1 saturated heterocycles. The molecule has 1 aliphatic rings. The molecule has 6 heteroatoms. The van der Waals surface area contributed by atoms with E-state index in [1.807, 2.05) is 29.6 Å². The first-order chi connectivity index (χ1) is 16.9. The van der Waals surface area contributed by atoms with Crippen LogP contribution in [0.3, 0.4) is 0 Å². The zero-order valence-corrected chi connectivity index (χ0v) is 21.0. The van der Waals surface area contributed by atoms with Crippen LogP contribution in [-0.4, -0.2) is 33.6 Å². The fourth-order valence-electron chi connectivity index (χ4n) is 5.13. The Hall–Kier alpha value is -3.67. The summed E-state index contributed by atoms with van der Waals surface area (Å²) in [6.07, 6.45) is 2.53. The summed E-state index contributed by atoms with van der Waals surface area (Å²) in [6, 6.07) is 18.7. The molecule has 2 aromatic heterocycles. The normalized spacial score (nSPS) is 14.5. The summed E-state index contributed by atoms with van der Waals surface area (Å²) in [5, 5.41) is 8.11. The number of benzene rings is 2. The van der Waals surface area contributed by atoms with Crippen LogP contribution < -0.4 is 10.2 Å². The van der Waals surface area contributed by atoms with Gasteiger partial charge in [-0.25, -0.2) is 4.98 Å². The van der Waals surface area contributed by atoms with Crippen molar-refractivity contribution in [1.29, 1.82) is 0 Å². The van der Waals surface area contributed by atoms with Crippen LogP contribution in [0, 0.1) is 26.7 Å². The quantitative estimate of drug-likeness (QED) is 0.407. The minimum Gasteiger partial charge on any atom is -0.356 e. The zero-order valence-electron chi connectivity index (χ0n) is 21.0. The molecule has 5 rings (SSSR count). The first-order valence-electron chi connectivity index (χ1n) is 12.5. The molecule has 1 amide bonds. The molecular formula is C29H33N5O. The summed E-state index contributed by atoms with van der Waals surface area (Å²) >= 11 is 0. The van der Waals surface area contributed by atoms with Crippen LogP contribution in [0.1, 0.15) is 42.1 Å². The molecule has 0 atom stereocenters. The number of fused-ring (bicyclic) bond motifs is 1. The van der Waals surface area contributed by atoms with Gasteiger partial charge in [-0.3, -0.25) is 4.79 Å². The highest BCUT2D eigenvalue weighted by Crippen LogP contribution is 2.28. The minimum absolute atomic E-state index is 0.0121. The lowest BCUT2D eigenvalue weighted by Crippen LogP contribution is -2.39. The average Bonchev–Trinajstić information content (AvgIpc) is 3.27. The van der Waals surface area contributed by atoms with E-state index >= 15 is 0 Å². The molecule has 0 spiro atoms. The molecule has 35 heavy (non-hydrogen) atoms. The number of carbonyl (C=O) groups is 1. The van der Waals surface area contributed by atoms with Crippen molar-refractivity contribution < 1.29 is 4.79 Å². The van der Waals surface area contributed by atoms with Crippen molar-refractivity contribution in [1.82, 2.24) is 14.6 Å². The second kappa shape index (κ2) is 9.53. The Balaban J connectivity index is 1.35. The molecule has 0 radical (unpaired) electrons. The number of anilines is 2. The van der Waals surface area contributed by atoms with Crippen LogP contribution in [0.5, 0.6) is 0 Å². The number of rotatable bonds is 5. The summed E-state index contributed by atoms with van der Waals surface area (Å²) in [5.41, 5.74) is 8.42. The molecule has 3 heterocycles. The second-order valence-corrected chi connectivity index (χ2v) is 9.69. The van der Waals surface area contributed by atoms with Gasteiger partial charge in [-0.05, 0) is 63.8 Å². The molecule has 180 valence electrons. The van der Waals surface area contributed by atoms with E-state index in [1.165, 1.54) is 16.7 Å². The smallest absolute Gasteiger partial charge is 0.227 e. The van der Waals surface area contributed by atoms with Crippen LogP contribution in [0.2, 0.25) is 0 Å². The zero-order chi connectivity index (χ0) is 24.5. The number of para-hydroxylation sites is 1. The third kappa shape index (κ3) is 4.78. The Bertz CT molecular complexity index is 1360. The van der Waals surface area contributed by atoms with Crippen molar-refractivity contribution in [2.24, 2.45) is 5.92 Å². The third-order valence-corrected chi connectivity index (χ3v) is 6.90. The molecule has 1 aliphatic heterocycles. The highest BCUT2D eigenvalue weighted by molar-refractivity contribution is 5.93. The SMILES string of the molecule is CCc1ccccc1NC(=O)C1CCN(c2cc(C)nc3cc(-c4cc(C)cc(C)c4)nn23)CC1. The predicted octanol–water partition coefficient (Wildman–Crippen LogP) is 5.74. The number of nitrogens with zero attached hydrogens (tertiary/aromatic N) is 4. The number of piperidine rings is 1. The van der Waals surface area contributed by atoms with Crippen LogP contribution in [-0.2, 0) is 11.2 Å². The Morgan fingerprint density at radius 2 is 1.71 bits per heavy atom. The standard InChI is InChI=1S/C29H33N5O/c1-5-22-8-6-7-9-25(22)31-29(35)23-10-12-33(13-11-23)28-17-21(4)30-27-18-26(32-34(27)28)24-15-19(2)14-20(3)16-24/h6-9,14-18,23H,5,10-13H2,1-4H3,(H,31,35). The maximum Gasteiger partial charge on any atom is 0.227 e. The number of aryl methyl sites for hydroxylation is 4. The van der Waals surface area contributed by atoms with E-state index in [0.717, 1.165) is 66.5 Å². The van der Waals surface area contributed by atoms with E-state index in [-0.39, 0.29) is 11.8 Å². The number of hydrogen-bond donors (Lipinski definition) is 1. The molecular weight excluding hydrogens is 434 g/mol. The van der Waals surface area contributed by atoms with Gasteiger partial charge >= 0.3 is 0 Å². The van der Waals surface area contributed by atoms with E-state index in [0.29, 0.717) is 0 Å². The highest BCUT2D eigenvalue weighted by atomic mass is 16.1. The Kier molecular flexibility index (Phi) is 6.29. The van der Waals surface area contributed by atoms with Crippen molar-refractivity contribution in [3.05, 3.63) is 77.0 Å². The molecule has 2 aromatic carbocycles. The lowest BCUT2D eigenvalue weighted by molar-refractivity contribution is -0.120. The monoisotopic (exact) mass is 467 g/mol. The minimum atomic E-state index is 0.0121. The summed E-state index contributed by atoms with van der Waals surface area (Å²) in [5.74, 6) is 1.18. The van der Waals surface area contributed by atoms with Gasteiger partial charge in [0.05, 0.1) is 5.69 Å². The van der Waals surface area contributed by atoms with Gasteiger partial charge in [-0.2, -0.15) is 9.61 Å². The maximum atomic E-state index is 13.0. The van der Waals surface area contributed by atoms with Crippen molar-refractivity contribution in [3.63, 3.8) is 0 Å². The molecule has 0 saturated carbocycles. The van der Waals surface area contributed by atoms with Gasteiger partial charge in [0.2, 0.25) is 5.91 Å². The Morgan fingerprint density at radius 3 is 2.43 bits per heavy atom. The molecule has 6 nitrogen and oxygen atoms in total. The van der Waals surface area contributed by atoms with Gasteiger partial charge in [0.1, 0.15) is 5.82 Å². The van der Waals surface area contributed by atoms with E-state index in [1.54, 1.807) is 0 Å². The fourth-order valence-corrected chi connectivity index (χ4v) is 5.13. The fraction of sp³-hybridized carbons (Fsp3) is 0.345. The van der Waals surface area contributed by atoms with Gasteiger partial charge in [0.15, 0.2) is 5.65 Å². The summed E-state index contributed by atoms with van der Waals surface area (Å²) < 4.78 is 1.96. The first kappa shape index (κ1) is 23.1. The lowest BCUT2D eigenvalue weighted by atomic mass is 9.95. The molecule has 1 N–H and O–H groups in total. The lowest BCUT2D eigenvalue weighted by Gasteiger charge is -2.33. The highest BCUT2D eigenvalue weighted by Gasteiger charge is 2.27. The average molecular weight is 468 g/mol. The van der Waals surface area contributed by atoms with Crippen molar-refractivity contribution >= 4 is 23.1 Å². The van der Waals surface area contributed by atoms with Crippen molar-refractivity contribution in [3.8, 4) is 11.3 Å². The Labute approximate surface area is 207 Å². The van der Waals surface area contributed by atoms with Gasteiger partial charge in [-0.1, -0.05) is 42.3 Å². The van der Waals surface area contributed by atoms with E-state index in [4.69, 9.17) is 10.1 Å². The van der Waals surface area contributed by atoms with Crippen LogP contribution in [0.15, 0.2) is 54.6 Å². The van der Waals surface area contributed by atoms with Crippen molar-refractivity contribution in [2.75, 3.05) is 23.3 Å². The molecule has 1 fully saturated rings. The van der Waals surface area contributed by atoms with Gasteiger partial charge in [0.25, 0.3) is 0 Å². The van der Waals surface area contributed by atoms with Crippen LogP contribution in [0.25, 0.3) is 16.9 Å². The van der Waals surface area contributed by atoms with Gasteiger partial charge in [-0.15, -0.1) is 0 Å². The number of carbonyl (C=O) groups excluding carboxylic acids is 1. The molecule has 0 unspecified atom stereocenters. The molecule has 0 bridgehead atoms. The van der Waals surface area contributed by atoms with E-state index in [9.17, 15) is 4.79 Å². The largest absolute Gasteiger partial charge is 0.356 e. The topological polar surface area (TPSA) is 62.5 Å². The van der Waals surface area contributed by atoms with E-state index < -0.39 is 0 Å². The van der Waals surface area contributed by atoms with Gasteiger partial charge < -0.3 is 10.2 Å². The Morgan fingerprint density at radius 1 is 1.00 bits per heavy atom.